The highest BCUT2D eigenvalue weighted by Crippen LogP contribution is 2.16. The van der Waals surface area contributed by atoms with Crippen molar-refractivity contribution < 1.29 is 29.1 Å². The number of carboxylic acid groups (broad SMARTS) is 1. The number of unbranched alkanes of at least 4 members (excludes halogenated alkanes) is 2. The van der Waals surface area contributed by atoms with Gasteiger partial charge >= 0.3 is 5.97 Å². The van der Waals surface area contributed by atoms with E-state index in [1.807, 2.05) is 0 Å². The first-order valence-corrected chi connectivity index (χ1v) is 9.10. The van der Waals surface area contributed by atoms with Crippen LogP contribution in [0.3, 0.4) is 0 Å². The average Bonchev–Trinajstić information content (AvgIpc) is 2.66. The van der Waals surface area contributed by atoms with Gasteiger partial charge in [-0.05, 0) is 37.5 Å². The van der Waals surface area contributed by atoms with Crippen molar-refractivity contribution in [2.75, 3.05) is 11.9 Å². The molecule has 4 N–H and O–H groups in total. The Labute approximate surface area is 161 Å². The van der Waals surface area contributed by atoms with E-state index in [4.69, 9.17) is 5.11 Å². The number of carbonyl (C=O) groups is 5. The number of aldehydes is 1. The minimum Gasteiger partial charge on any atom is -0.481 e. The number of benzene rings is 1. The van der Waals surface area contributed by atoms with Crippen molar-refractivity contribution >= 4 is 35.7 Å². The van der Waals surface area contributed by atoms with E-state index in [0.717, 1.165) is 12.8 Å². The van der Waals surface area contributed by atoms with E-state index in [0.29, 0.717) is 24.9 Å². The third-order valence-corrected chi connectivity index (χ3v) is 4.36. The first kappa shape index (κ1) is 21.1. The summed E-state index contributed by atoms with van der Waals surface area (Å²) in [5.41, 5.74) is 0.991. The molecule has 1 atom stereocenters. The standard InChI is InChI=1S/C19H23N3O6/c23-11-12-10-13(20-9-3-1-2-4-17(25)26)5-6-14(12)18(27)21-15-7-8-16(24)22-19(15)28/h5-6,10-11,15,20H,1-4,7-9H2,(H,21,27)(H,25,26)(H,22,24,28). The number of amides is 3. The first-order valence-electron chi connectivity index (χ1n) is 9.10. The van der Waals surface area contributed by atoms with Crippen LogP contribution in [0.5, 0.6) is 0 Å². The SMILES string of the molecule is O=Cc1cc(NCCCCCC(=O)O)ccc1C(=O)NC1CCC(=O)NC1=O. The summed E-state index contributed by atoms with van der Waals surface area (Å²) in [4.78, 5) is 57.2. The minimum atomic E-state index is -0.812. The maximum atomic E-state index is 12.4. The van der Waals surface area contributed by atoms with Crippen molar-refractivity contribution in [3.8, 4) is 0 Å². The number of imide groups is 1. The van der Waals surface area contributed by atoms with E-state index in [2.05, 4.69) is 16.0 Å². The molecule has 28 heavy (non-hydrogen) atoms. The molecule has 0 aromatic heterocycles. The van der Waals surface area contributed by atoms with Crippen molar-refractivity contribution in [2.45, 2.75) is 44.6 Å². The van der Waals surface area contributed by atoms with Gasteiger partial charge in [0.1, 0.15) is 6.04 Å². The van der Waals surface area contributed by atoms with Crippen LogP contribution in [0.2, 0.25) is 0 Å². The zero-order valence-corrected chi connectivity index (χ0v) is 15.3. The molecule has 3 amide bonds. The highest BCUT2D eigenvalue weighted by Gasteiger charge is 2.28. The van der Waals surface area contributed by atoms with Gasteiger partial charge in [-0.3, -0.25) is 29.3 Å². The molecule has 1 fully saturated rings. The summed E-state index contributed by atoms with van der Waals surface area (Å²) in [6.07, 6.45) is 3.23. The normalized spacial score (nSPS) is 16.2. The number of aliphatic carboxylic acids is 1. The lowest BCUT2D eigenvalue weighted by atomic mass is 10.0. The van der Waals surface area contributed by atoms with Crippen molar-refractivity contribution in [1.29, 1.82) is 0 Å². The lowest BCUT2D eigenvalue weighted by molar-refractivity contribution is -0.137. The van der Waals surface area contributed by atoms with Crippen molar-refractivity contribution in [3.05, 3.63) is 29.3 Å². The largest absolute Gasteiger partial charge is 0.481 e. The van der Waals surface area contributed by atoms with Crippen LogP contribution in [0, 0.1) is 0 Å². The molecule has 0 saturated carbocycles. The first-order chi connectivity index (χ1) is 13.4. The van der Waals surface area contributed by atoms with E-state index in [-0.39, 0.29) is 36.3 Å². The molecule has 0 spiro atoms. The second kappa shape index (κ2) is 10.2. The van der Waals surface area contributed by atoms with E-state index < -0.39 is 23.8 Å². The van der Waals surface area contributed by atoms with Crippen LogP contribution in [0.15, 0.2) is 18.2 Å². The molecule has 1 heterocycles. The van der Waals surface area contributed by atoms with E-state index in [1.165, 1.54) is 6.07 Å². The summed E-state index contributed by atoms with van der Waals surface area (Å²) in [5, 5.41) is 16.4. The molecule has 1 aliphatic heterocycles. The Morgan fingerprint density at radius 3 is 2.68 bits per heavy atom. The number of rotatable bonds is 10. The van der Waals surface area contributed by atoms with Crippen LogP contribution in [0.25, 0.3) is 0 Å². The van der Waals surface area contributed by atoms with Crippen LogP contribution >= 0.6 is 0 Å². The minimum absolute atomic E-state index is 0.145. The summed E-state index contributed by atoms with van der Waals surface area (Å²) in [6.45, 7) is 0.611. The van der Waals surface area contributed by atoms with Gasteiger partial charge in [0, 0.05) is 36.2 Å². The van der Waals surface area contributed by atoms with Gasteiger partial charge < -0.3 is 15.7 Å². The molecule has 1 unspecified atom stereocenters. The highest BCUT2D eigenvalue weighted by molar-refractivity contribution is 6.06. The Morgan fingerprint density at radius 2 is 2.00 bits per heavy atom. The van der Waals surface area contributed by atoms with Crippen LogP contribution in [-0.2, 0) is 14.4 Å². The van der Waals surface area contributed by atoms with Crippen LogP contribution in [0.1, 0.15) is 59.2 Å². The predicted molar refractivity (Wildman–Crippen MR) is 100 cm³/mol. The molecule has 0 aliphatic carbocycles. The molecule has 2 rings (SSSR count). The fraction of sp³-hybridized carbons (Fsp3) is 0.421. The van der Waals surface area contributed by atoms with Crippen LogP contribution < -0.4 is 16.0 Å². The lowest BCUT2D eigenvalue weighted by Gasteiger charge is -2.22. The maximum absolute atomic E-state index is 12.4. The number of hydrogen-bond donors (Lipinski definition) is 4. The fourth-order valence-electron chi connectivity index (χ4n) is 2.85. The van der Waals surface area contributed by atoms with Gasteiger partial charge in [-0.1, -0.05) is 6.42 Å². The Bertz CT molecular complexity index is 777. The Hall–Kier alpha value is -3.23. The molecule has 1 aromatic rings. The Kier molecular flexibility index (Phi) is 7.67. The van der Waals surface area contributed by atoms with Gasteiger partial charge in [0.15, 0.2) is 6.29 Å². The van der Waals surface area contributed by atoms with Crippen molar-refractivity contribution in [3.63, 3.8) is 0 Å². The third kappa shape index (κ3) is 6.19. The lowest BCUT2D eigenvalue weighted by Crippen LogP contribution is -2.52. The van der Waals surface area contributed by atoms with Crippen LogP contribution in [0.4, 0.5) is 5.69 Å². The second-order valence-electron chi connectivity index (χ2n) is 6.53. The molecular formula is C19H23N3O6. The summed E-state index contributed by atoms with van der Waals surface area (Å²) in [6, 6.07) is 3.89. The molecule has 9 nitrogen and oxygen atoms in total. The summed E-state index contributed by atoms with van der Waals surface area (Å²) in [5.74, 6) is -2.30. The Balaban J connectivity index is 1.90. The molecule has 1 saturated heterocycles. The smallest absolute Gasteiger partial charge is 0.303 e. The fourth-order valence-corrected chi connectivity index (χ4v) is 2.85. The third-order valence-electron chi connectivity index (χ3n) is 4.36. The monoisotopic (exact) mass is 389 g/mol. The van der Waals surface area contributed by atoms with Gasteiger partial charge in [-0.15, -0.1) is 0 Å². The molecule has 0 bridgehead atoms. The molecule has 150 valence electrons. The van der Waals surface area contributed by atoms with Gasteiger partial charge in [-0.25, -0.2) is 0 Å². The van der Waals surface area contributed by atoms with Crippen molar-refractivity contribution in [2.24, 2.45) is 0 Å². The number of nitrogens with one attached hydrogen (secondary N) is 3. The molecule has 1 aromatic carbocycles. The Morgan fingerprint density at radius 1 is 1.21 bits per heavy atom. The van der Waals surface area contributed by atoms with Gasteiger partial charge in [0.2, 0.25) is 11.8 Å². The number of hydrogen-bond acceptors (Lipinski definition) is 6. The zero-order valence-electron chi connectivity index (χ0n) is 15.3. The summed E-state index contributed by atoms with van der Waals surface area (Å²) in [7, 11) is 0. The number of carbonyl (C=O) groups excluding carboxylic acids is 4. The average molecular weight is 389 g/mol. The summed E-state index contributed by atoms with van der Waals surface area (Å²) < 4.78 is 0. The van der Waals surface area contributed by atoms with Gasteiger partial charge in [-0.2, -0.15) is 0 Å². The quantitative estimate of drug-likeness (QED) is 0.267. The van der Waals surface area contributed by atoms with Crippen molar-refractivity contribution in [1.82, 2.24) is 10.6 Å². The number of piperidine rings is 1. The molecular weight excluding hydrogens is 366 g/mol. The van der Waals surface area contributed by atoms with E-state index >= 15 is 0 Å². The highest BCUT2D eigenvalue weighted by atomic mass is 16.4. The predicted octanol–water partition coefficient (Wildman–Crippen LogP) is 1.09. The topological polar surface area (TPSA) is 142 Å². The van der Waals surface area contributed by atoms with Gasteiger partial charge in [0.05, 0.1) is 0 Å². The number of carboxylic acids is 1. The van der Waals surface area contributed by atoms with E-state index in [9.17, 15) is 24.0 Å². The molecule has 9 heteroatoms. The number of anilines is 1. The summed E-state index contributed by atoms with van der Waals surface area (Å²) >= 11 is 0. The second-order valence-corrected chi connectivity index (χ2v) is 6.53. The van der Waals surface area contributed by atoms with E-state index in [1.54, 1.807) is 12.1 Å². The van der Waals surface area contributed by atoms with Gasteiger partial charge in [0.25, 0.3) is 5.91 Å². The maximum Gasteiger partial charge on any atom is 0.303 e. The zero-order chi connectivity index (χ0) is 20.5. The molecule has 0 radical (unpaired) electrons. The van der Waals surface area contributed by atoms with Crippen LogP contribution in [-0.4, -0.2) is 47.7 Å². The molecule has 1 aliphatic rings.